The predicted octanol–water partition coefficient (Wildman–Crippen LogP) is 5.32. The number of carbonyl (C=O) groups is 1. The number of carbonyl (C=O) groups excluding carboxylic acids is 1. The van der Waals surface area contributed by atoms with E-state index in [9.17, 15) is 4.79 Å². The molecule has 0 aliphatic heterocycles. The average Bonchev–Trinajstić information content (AvgIpc) is 3.25. The first kappa shape index (κ1) is 21.6. The summed E-state index contributed by atoms with van der Waals surface area (Å²) in [5, 5.41) is 0.626. The molecule has 1 heterocycles. The molecule has 3 aromatic carbocycles. The summed E-state index contributed by atoms with van der Waals surface area (Å²) in [4.78, 5) is 19.6. The molecule has 0 unspecified atom stereocenters. The lowest BCUT2D eigenvalue weighted by Crippen LogP contribution is -2.34. The van der Waals surface area contributed by atoms with Crippen LogP contribution >= 0.6 is 11.3 Å². The number of aromatic nitrogens is 1. The van der Waals surface area contributed by atoms with E-state index in [1.807, 2.05) is 55.5 Å². The Kier molecular flexibility index (Phi) is 6.87. The van der Waals surface area contributed by atoms with Gasteiger partial charge in [0.05, 0.1) is 30.5 Å². The van der Waals surface area contributed by atoms with Crippen molar-refractivity contribution in [3.8, 4) is 17.2 Å². The summed E-state index contributed by atoms with van der Waals surface area (Å²) in [7, 11) is 1.61. The maximum atomic E-state index is 13.2. The Morgan fingerprint density at radius 1 is 0.938 bits per heavy atom. The molecule has 164 valence electrons. The summed E-state index contributed by atoms with van der Waals surface area (Å²) >= 11 is 1.46. The van der Waals surface area contributed by atoms with Crippen LogP contribution in [0.3, 0.4) is 0 Å². The average molecular weight is 449 g/mol. The van der Waals surface area contributed by atoms with Crippen molar-refractivity contribution in [2.75, 3.05) is 25.2 Å². The number of benzene rings is 3. The first-order valence-corrected chi connectivity index (χ1v) is 11.1. The summed E-state index contributed by atoms with van der Waals surface area (Å²) in [5.74, 6) is 1.95. The third-order valence-electron chi connectivity index (χ3n) is 4.80. The lowest BCUT2D eigenvalue weighted by atomic mass is 10.2. The van der Waals surface area contributed by atoms with Gasteiger partial charge in [0, 0.05) is 0 Å². The Balaban J connectivity index is 1.57. The van der Waals surface area contributed by atoms with Gasteiger partial charge in [-0.25, -0.2) is 4.98 Å². The molecule has 32 heavy (non-hydrogen) atoms. The van der Waals surface area contributed by atoms with E-state index in [2.05, 4.69) is 0 Å². The van der Waals surface area contributed by atoms with Crippen molar-refractivity contribution in [3.63, 3.8) is 0 Å². The second kappa shape index (κ2) is 10.2. The van der Waals surface area contributed by atoms with Crippen LogP contribution in [-0.2, 0) is 11.3 Å². The molecule has 4 rings (SSSR count). The van der Waals surface area contributed by atoms with Crippen LogP contribution in [0.1, 0.15) is 12.5 Å². The fourth-order valence-corrected chi connectivity index (χ4v) is 4.20. The molecular formula is C25H24N2O4S. The number of ether oxygens (including phenoxy) is 3. The van der Waals surface area contributed by atoms with E-state index in [4.69, 9.17) is 19.2 Å². The summed E-state index contributed by atoms with van der Waals surface area (Å²) in [5.41, 5.74) is 1.84. The van der Waals surface area contributed by atoms with Crippen LogP contribution in [0.25, 0.3) is 10.2 Å². The number of hydrogen-bond donors (Lipinski definition) is 0. The summed E-state index contributed by atoms with van der Waals surface area (Å²) in [6, 6.07) is 22.8. The van der Waals surface area contributed by atoms with Crippen LogP contribution in [0.2, 0.25) is 0 Å². The van der Waals surface area contributed by atoms with E-state index in [1.54, 1.807) is 36.3 Å². The van der Waals surface area contributed by atoms with Crippen molar-refractivity contribution >= 4 is 32.6 Å². The molecule has 0 aliphatic carbocycles. The molecule has 0 bridgehead atoms. The zero-order chi connectivity index (χ0) is 22.3. The molecule has 0 saturated heterocycles. The van der Waals surface area contributed by atoms with Crippen molar-refractivity contribution in [1.29, 1.82) is 0 Å². The van der Waals surface area contributed by atoms with Crippen LogP contribution in [0.15, 0.2) is 72.8 Å². The quantitative estimate of drug-likeness (QED) is 0.347. The number of nitrogens with zero attached hydrogens (tertiary/aromatic N) is 2. The Labute approximate surface area is 191 Å². The van der Waals surface area contributed by atoms with Crippen LogP contribution in [0, 0.1) is 0 Å². The summed E-state index contributed by atoms with van der Waals surface area (Å²) in [6.45, 7) is 2.85. The first-order chi connectivity index (χ1) is 15.7. The van der Waals surface area contributed by atoms with Crippen molar-refractivity contribution < 1.29 is 19.0 Å². The topological polar surface area (TPSA) is 60.9 Å². The monoisotopic (exact) mass is 448 g/mol. The third-order valence-corrected chi connectivity index (χ3v) is 5.84. The molecular weight excluding hydrogens is 424 g/mol. The molecule has 0 atom stereocenters. The number of thiazole rings is 1. The third kappa shape index (κ3) is 5.18. The summed E-state index contributed by atoms with van der Waals surface area (Å²) < 4.78 is 17.5. The second-order valence-electron chi connectivity index (χ2n) is 6.99. The van der Waals surface area contributed by atoms with Gasteiger partial charge in [0.15, 0.2) is 11.7 Å². The predicted molar refractivity (Wildman–Crippen MR) is 127 cm³/mol. The molecule has 0 radical (unpaired) electrons. The van der Waals surface area contributed by atoms with Crippen molar-refractivity contribution in [3.05, 3.63) is 78.4 Å². The zero-order valence-electron chi connectivity index (χ0n) is 18.0. The molecule has 0 fully saturated rings. The molecule has 1 aromatic heterocycles. The normalized spacial score (nSPS) is 10.7. The first-order valence-electron chi connectivity index (χ1n) is 10.3. The molecule has 6 nitrogen and oxygen atoms in total. The van der Waals surface area contributed by atoms with Crippen molar-refractivity contribution in [2.45, 2.75) is 13.5 Å². The number of rotatable bonds is 9. The molecule has 4 aromatic rings. The van der Waals surface area contributed by atoms with Gasteiger partial charge in [-0.3, -0.25) is 9.69 Å². The second-order valence-corrected chi connectivity index (χ2v) is 8.00. The maximum Gasteiger partial charge on any atom is 0.267 e. The molecule has 0 aliphatic rings. The molecule has 0 saturated carbocycles. The Bertz CT molecular complexity index is 1180. The molecule has 7 heteroatoms. The zero-order valence-corrected chi connectivity index (χ0v) is 18.8. The van der Waals surface area contributed by atoms with Gasteiger partial charge >= 0.3 is 0 Å². The molecule has 1 amide bonds. The molecule has 0 spiro atoms. The van der Waals surface area contributed by atoms with Gasteiger partial charge in [0.2, 0.25) is 0 Å². The minimum absolute atomic E-state index is 0.0979. The lowest BCUT2D eigenvalue weighted by Gasteiger charge is -2.20. The van der Waals surface area contributed by atoms with Gasteiger partial charge in [0.1, 0.15) is 17.2 Å². The summed E-state index contributed by atoms with van der Waals surface area (Å²) in [6.07, 6.45) is 0. The number of amides is 1. The SMILES string of the molecule is CCOc1ccc2nc(N(Cc3ccccc3)C(=O)COc3ccc(OC)cc3)sc2c1. The number of anilines is 1. The van der Waals surface area contributed by atoms with Gasteiger partial charge in [-0.1, -0.05) is 41.7 Å². The standard InChI is InChI=1S/C25H24N2O4S/c1-3-30-21-13-14-22-23(15-21)32-25(26-22)27(16-18-7-5-4-6-8-18)24(28)17-31-20-11-9-19(29-2)10-12-20/h4-15H,3,16-17H2,1-2H3. The van der Waals surface area contributed by atoms with Gasteiger partial charge < -0.3 is 14.2 Å². The van der Waals surface area contributed by atoms with Gasteiger partial charge in [-0.15, -0.1) is 0 Å². The van der Waals surface area contributed by atoms with Crippen LogP contribution < -0.4 is 19.1 Å². The van der Waals surface area contributed by atoms with E-state index >= 15 is 0 Å². The lowest BCUT2D eigenvalue weighted by molar-refractivity contribution is -0.120. The van der Waals surface area contributed by atoms with E-state index in [0.717, 1.165) is 27.3 Å². The maximum absolute atomic E-state index is 13.2. The van der Waals surface area contributed by atoms with Crippen molar-refractivity contribution in [2.24, 2.45) is 0 Å². The number of fused-ring (bicyclic) bond motifs is 1. The minimum Gasteiger partial charge on any atom is -0.497 e. The van der Waals surface area contributed by atoms with Gasteiger partial charge in [-0.2, -0.15) is 0 Å². The van der Waals surface area contributed by atoms with Crippen LogP contribution in [-0.4, -0.2) is 31.2 Å². The smallest absolute Gasteiger partial charge is 0.267 e. The van der Waals surface area contributed by atoms with E-state index in [0.29, 0.717) is 24.0 Å². The van der Waals surface area contributed by atoms with Crippen molar-refractivity contribution in [1.82, 2.24) is 4.98 Å². The highest BCUT2D eigenvalue weighted by Crippen LogP contribution is 2.32. The van der Waals surface area contributed by atoms with Crippen LogP contribution in [0.5, 0.6) is 17.2 Å². The van der Waals surface area contributed by atoms with Crippen LogP contribution in [0.4, 0.5) is 5.13 Å². The highest BCUT2D eigenvalue weighted by Gasteiger charge is 2.21. The highest BCUT2D eigenvalue weighted by molar-refractivity contribution is 7.22. The fraction of sp³-hybridized carbons (Fsp3) is 0.200. The Morgan fingerprint density at radius 3 is 2.38 bits per heavy atom. The van der Waals surface area contributed by atoms with Gasteiger partial charge in [0.25, 0.3) is 5.91 Å². The van der Waals surface area contributed by atoms with Gasteiger partial charge in [-0.05, 0) is 55.0 Å². The largest absolute Gasteiger partial charge is 0.497 e. The minimum atomic E-state index is -0.172. The Hall–Kier alpha value is -3.58. The fourth-order valence-electron chi connectivity index (χ4n) is 3.19. The number of methoxy groups -OCH3 is 1. The van der Waals surface area contributed by atoms with E-state index in [1.165, 1.54) is 11.3 Å². The highest BCUT2D eigenvalue weighted by atomic mass is 32.1. The number of hydrogen-bond acceptors (Lipinski definition) is 6. The Morgan fingerprint density at radius 2 is 1.66 bits per heavy atom. The van der Waals surface area contributed by atoms with E-state index in [-0.39, 0.29) is 12.5 Å². The van der Waals surface area contributed by atoms with E-state index < -0.39 is 0 Å². The molecule has 0 N–H and O–H groups in total.